The molecule has 1 atom stereocenters. The number of amides is 1. The van der Waals surface area contributed by atoms with Gasteiger partial charge < -0.3 is 4.90 Å². The molecule has 24 heavy (non-hydrogen) atoms. The highest BCUT2D eigenvalue weighted by Gasteiger charge is 2.35. The zero-order valence-corrected chi connectivity index (χ0v) is 16.1. The molecule has 0 fully saturated rings. The first-order valence-corrected chi connectivity index (χ1v) is 9.84. The van der Waals surface area contributed by atoms with Crippen molar-refractivity contribution in [1.29, 1.82) is 0 Å². The SMILES string of the molecule is CCCCCCCCC1c2ccccc2CCN1C(=O)C(C)(C)C. The van der Waals surface area contributed by atoms with Crippen molar-refractivity contribution in [2.24, 2.45) is 5.41 Å². The first kappa shape index (κ1) is 19.0. The Hall–Kier alpha value is -1.31. The van der Waals surface area contributed by atoms with Crippen molar-refractivity contribution < 1.29 is 4.79 Å². The van der Waals surface area contributed by atoms with Gasteiger partial charge in [0.2, 0.25) is 5.91 Å². The number of hydrogen-bond acceptors (Lipinski definition) is 1. The molecule has 0 aliphatic carbocycles. The van der Waals surface area contributed by atoms with E-state index in [2.05, 4.69) is 36.1 Å². The number of fused-ring (bicyclic) bond motifs is 1. The summed E-state index contributed by atoms with van der Waals surface area (Å²) in [5, 5.41) is 0. The minimum Gasteiger partial charge on any atom is -0.335 e. The third kappa shape index (κ3) is 4.84. The maximum atomic E-state index is 12.9. The quantitative estimate of drug-likeness (QED) is 0.569. The van der Waals surface area contributed by atoms with Gasteiger partial charge in [-0.15, -0.1) is 0 Å². The van der Waals surface area contributed by atoms with Crippen molar-refractivity contribution in [3.05, 3.63) is 35.4 Å². The van der Waals surface area contributed by atoms with Crippen LogP contribution in [0.2, 0.25) is 0 Å². The number of unbranched alkanes of at least 4 members (excludes halogenated alkanes) is 5. The van der Waals surface area contributed by atoms with Crippen molar-refractivity contribution in [2.45, 2.75) is 85.1 Å². The summed E-state index contributed by atoms with van der Waals surface area (Å²) in [6.45, 7) is 9.25. The molecule has 0 spiro atoms. The van der Waals surface area contributed by atoms with Gasteiger partial charge in [-0.25, -0.2) is 0 Å². The summed E-state index contributed by atoms with van der Waals surface area (Å²) in [7, 11) is 0. The highest BCUT2D eigenvalue weighted by atomic mass is 16.2. The molecule has 2 rings (SSSR count). The van der Waals surface area contributed by atoms with Crippen LogP contribution in [0.25, 0.3) is 0 Å². The fourth-order valence-electron chi connectivity index (χ4n) is 3.75. The second-order valence-corrected chi connectivity index (χ2v) is 8.27. The highest BCUT2D eigenvalue weighted by molar-refractivity contribution is 5.82. The third-order valence-corrected chi connectivity index (χ3v) is 5.15. The van der Waals surface area contributed by atoms with Crippen LogP contribution in [-0.2, 0) is 11.2 Å². The molecule has 0 saturated heterocycles. The normalized spacial score (nSPS) is 17.7. The van der Waals surface area contributed by atoms with E-state index in [-0.39, 0.29) is 11.5 Å². The maximum Gasteiger partial charge on any atom is 0.228 e. The molecule has 0 bridgehead atoms. The summed E-state index contributed by atoms with van der Waals surface area (Å²) in [4.78, 5) is 15.1. The predicted molar refractivity (Wildman–Crippen MR) is 102 cm³/mol. The Kier molecular flexibility index (Phi) is 6.89. The number of nitrogens with zero attached hydrogens (tertiary/aromatic N) is 1. The monoisotopic (exact) mass is 329 g/mol. The molecule has 0 aromatic heterocycles. The topological polar surface area (TPSA) is 20.3 Å². The summed E-state index contributed by atoms with van der Waals surface area (Å²) in [6.07, 6.45) is 9.92. The van der Waals surface area contributed by atoms with Gasteiger partial charge >= 0.3 is 0 Å². The highest BCUT2D eigenvalue weighted by Crippen LogP contribution is 2.36. The van der Waals surface area contributed by atoms with E-state index in [0.717, 1.165) is 19.4 Å². The lowest BCUT2D eigenvalue weighted by Gasteiger charge is -2.40. The molecule has 2 nitrogen and oxygen atoms in total. The Morgan fingerprint density at radius 2 is 1.75 bits per heavy atom. The van der Waals surface area contributed by atoms with E-state index < -0.39 is 0 Å². The van der Waals surface area contributed by atoms with E-state index >= 15 is 0 Å². The van der Waals surface area contributed by atoms with Crippen LogP contribution in [0.15, 0.2) is 24.3 Å². The van der Waals surface area contributed by atoms with Crippen LogP contribution < -0.4 is 0 Å². The van der Waals surface area contributed by atoms with Crippen LogP contribution in [-0.4, -0.2) is 17.4 Å². The molecule has 1 aliphatic heterocycles. The Morgan fingerprint density at radius 1 is 1.08 bits per heavy atom. The molecule has 134 valence electrons. The lowest BCUT2D eigenvalue weighted by Crippen LogP contribution is -2.45. The second-order valence-electron chi connectivity index (χ2n) is 8.27. The number of hydrogen-bond donors (Lipinski definition) is 0. The molecular formula is C22H35NO. The summed E-state index contributed by atoms with van der Waals surface area (Å²) in [6, 6.07) is 9.00. The average Bonchev–Trinajstić information content (AvgIpc) is 2.56. The van der Waals surface area contributed by atoms with Crippen molar-refractivity contribution in [3.63, 3.8) is 0 Å². The van der Waals surface area contributed by atoms with Gasteiger partial charge in [0.1, 0.15) is 0 Å². The molecule has 1 aliphatic rings. The lowest BCUT2D eigenvalue weighted by atomic mass is 9.86. The van der Waals surface area contributed by atoms with Crippen LogP contribution in [0, 0.1) is 5.41 Å². The minimum atomic E-state index is -0.300. The van der Waals surface area contributed by atoms with E-state index in [1.165, 1.54) is 49.7 Å². The number of benzene rings is 1. The van der Waals surface area contributed by atoms with Crippen LogP contribution >= 0.6 is 0 Å². The first-order chi connectivity index (χ1) is 11.4. The molecule has 0 saturated carbocycles. The Bertz CT molecular complexity index is 529. The van der Waals surface area contributed by atoms with Gasteiger partial charge in [-0.2, -0.15) is 0 Å². The fraction of sp³-hybridized carbons (Fsp3) is 0.682. The largest absolute Gasteiger partial charge is 0.335 e. The zero-order valence-electron chi connectivity index (χ0n) is 16.1. The zero-order chi connectivity index (χ0) is 17.6. The average molecular weight is 330 g/mol. The van der Waals surface area contributed by atoms with Crippen LogP contribution in [0.5, 0.6) is 0 Å². The molecule has 1 aromatic rings. The van der Waals surface area contributed by atoms with Crippen molar-refractivity contribution in [2.75, 3.05) is 6.54 Å². The first-order valence-electron chi connectivity index (χ1n) is 9.84. The fourth-order valence-corrected chi connectivity index (χ4v) is 3.75. The van der Waals surface area contributed by atoms with Crippen molar-refractivity contribution in [1.82, 2.24) is 4.90 Å². The Labute approximate surface area is 148 Å². The molecule has 2 heteroatoms. The van der Waals surface area contributed by atoms with Gasteiger partial charge in [-0.3, -0.25) is 4.79 Å². The molecule has 1 aromatic carbocycles. The minimum absolute atomic E-state index is 0.271. The Balaban J connectivity index is 2.06. The molecule has 0 radical (unpaired) electrons. The van der Waals surface area contributed by atoms with E-state index in [4.69, 9.17) is 0 Å². The lowest BCUT2D eigenvalue weighted by molar-refractivity contribution is -0.142. The number of carbonyl (C=O) groups excluding carboxylic acids is 1. The summed E-state index contributed by atoms with van der Waals surface area (Å²) < 4.78 is 0. The van der Waals surface area contributed by atoms with E-state index in [1.807, 2.05) is 20.8 Å². The molecule has 1 unspecified atom stereocenters. The van der Waals surface area contributed by atoms with Crippen LogP contribution in [0.3, 0.4) is 0 Å². The van der Waals surface area contributed by atoms with Gasteiger partial charge in [-0.05, 0) is 24.0 Å². The smallest absolute Gasteiger partial charge is 0.228 e. The molecule has 1 amide bonds. The van der Waals surface area contributed by atoms with E-state index in [9.17, 15) is 4.79 Å². The van der Waals surface area contributed by atoms with Gasteiger partial charge in [-0.1, -0.05) is 90.5 Å². The Morgan fingerprint density at radius 3 is 2.46 bits per heavy atom. The predicted octanol–water partition coefficient (Wildman–Crippen LogP) is 5.91. The summed E-state index contributed by atoms with van der Waals surface area (Å²) >= 11 is 0. The van der Waals surface area contributed by atoms with Crippen molar-refractivity contribution >= 4 is 5.91 Å². The molecular weight excluding hydrogens is 294 g/mol. The molecule has 1 heterocycles. The number of carbonyl (C=O) groups is 1. The van der Waals surface area contributed by atoms with Gasteiger partial charge in [0, 0.05) is 12.0 Å². The standard InChI is InChI=1S/C22H35NO/c1-5-6-7-8-9-10-15-20-19-14-12-11-13-18(19)16-17-23(20)21(24)22(2,3)4/h11-14,20H,5-10,15-17H2,1-4H3. The number of rotatable bonds is 7. The van der Waals surface area contributed by atoms with Gasteiger partial charge in [0.25, 0.3) is 0 Å². The summed E-state index contributed by atoms with van der Waals surface area (Å²) in [5.74, 6) is 0.299. The summed E-state index contributed by atoms with van der Waals surface area (Å²) in [5.41, 5.74) is 2.52. The van der Waals surface area contributed by atoms with E-state index in [0.29, 0.717) is 5.91 Å². The second kappa shape index (κ2) is 8.69. The van der Waals surface area contributed by atoms with Crippen LogP contribution in [0.1, 0.15) is 89.8 Å². The molecule has 0 N–H and O–H groups in total. The van der Waals surface area contributed by atoms with Crippen LogP contribution in [0.4, 0.5) is 0 Å². The van der Waals surface area contributed by atoms with Crippen molar-refractivity contribution in [3.8, 4) is 0 Å². The maximum absolute atomic E-state index is 12.9. The van der Waals surface area contributed by atoms with Gasteiger partial charge in [0.15, 0.2) is 0 Å². The van der Waals surface area contributed by atoms with E-state index in [1.54, 1.807) is 0 Å². The third-order valence-electron chi connectivity index (χ3n) is 5.15. The van der Waals surface area contributed by atoms with Gasteiger partial charge in [0.05, 0.1) is 6.04 Å².